The van der Waals surface area contributed by atoms with E-state index in [1.54, 1.807) is 36.4 Å². The number of rotatable bonds is 7. The maximum absolute atomic E-state index is 13.2. The van der Waals surface area contributed by atoms with Gasteiger partial charge in [0.25, 0.3) is 11.1 Å². The van der Waals surface area contributed by atoms with Crippen LogP contribution < -0.4 is 9.47 Å². The van der Waals surface area contributed by atoms with E-state index in [0.717, 1.165) is 37.8 Å². The van der Waals surface area contributed by atoms with Crippen molar-refractivity contribution in [3.8, 4) is 11.5 Å². The molecule has 2 amide bonds. The monoisotopic (exact) mass is 623 g/mol. The summed E-state index contributed by atoms with van der Waals surface area (Å²) >= 11 is 4.29. The highest BCUT2D eigenvalue weighted by Crippen LogP contribution is 2.35. The van der Waals surface area contributed by atoms with Crippen LogP contribution in [-0.4, -0.2) is 35.2 Å². The normalized spacial score (nSPS) is 14.3. The number of halogens is 1. The summed E-state index contributed by atoms with van der Waals surface area (Å²) in [5.41, 5.74) is 0.925. The topological polar surface area (TPSA) is 72.9 Å². The minimum atomic E-state index is -0.516. The van der Waals surface area contributed by atoms with E-state index in [-0.39, 0.29) is 29.0 Å². The molecule has 0 bridgehead atoms. The molecular formula is C33H22BrNO5S. The highest BCUT2D eigenvalue weighted by molar-refractivity contribution is 9.10. The highest BCUT2D eigenvalue weighted by Gasteiger charge is 2.35. The van der Waals surface area contributed by atoms with Gasteiger partial charge in [0.1, 0.15) is 18.1 Å². The summed E-state index contributed by atoms with van der Waals surface area (Å²) in [6.07, 6.45) is 1.58. The predicted molar refractivity (Wildman–Crippen MR) is 165 cm³/mol. The fourth-order valence-corrected chi connectivity index (χ4v) is 5.92. The third kappa shape index (κ3) is 5.62. The molecule has 1 fully saturated rings. The first-order valence-electron chi connectivity index (χ1n) is 12.8. The molecule has 202 valence electrons. The quantitative estimate of drug-likeness (QED) is 0.104. The maximum atomic E-state index is 13.2. The first kappa shape index (κ1) is 26.8. The summed E-state index contributed by atoms with van der Waals surface area (Å²) in [5, 5.41) is 3.34. The minimum absolute atomic E-state index is 0.104. The van der Waals surface area contributed by atoms with Gasteiger partial charge in [-0.3, -0.25) is 14.5 Å². The number of hydrogen-bond acceptors (Lipinski definition) is 6. The summed E-state index contributed by atoms with van der Waals surface area (Å²) < 4.78 is 12.5. The molecule has 1 aliphatic rings. The molecule has 0 unspecified atom stereocenters. The van der Waals surface area contributed by atoms with Gasteiger partial charge in [-0.15, -0.1) is 0 Å². The van der Waals surface area contributed by atoms with Crippen molar-refractivity contribution in [2.75, 3.05) is 13.2 Å². The third-order valence-corrected chi connectivity index (χ3v) is 8.07. The Morgan fingerprint density at radius 1 is 0.805 bits per heavy atom. The lowest BCUT2D eigenvalue weighted by atomic mass is 10.0. The predicted octanol–water partition coefficient (Wildman–Crippen LogP) is 8.09. The molecule has 1 aliphatic heterocycles. The number of benzene rings is 5. The molecule has 41 heavy (non-hydrogen) atoms. The lowest BCUT2D eigenvalue weighted by Gasteiger charge is -2.14. The number of nitrogens with zero attached hydrogens (tertiary/aromatic N) is 1. The van der Waals surface area contributed by atoms with Gasteiger partial charge in [0, 0.05) is 15.4 Å². The molecule has 0 N–H and O–H groups in total. The van der Waals surface area contributed by atoms with Crippen LogP contribution in [0.25, 0.3) is 27.6 Å². The number of amides is 2. The van der Waals surface area contributed by atoms with E-state index in [1.165, 1.54) is 4.90 Å². The van der Waals surface area contributed by atoms with Crippen molar-refractivity contribution in [3.63, 3.8) is 0 Å². The molecule has 6 rings (SSSR count). The molecule has 1 heterocycles. The van der Waals surface area contributed by atoms with Crippen LogP contribution in [0.15, 0.2) is 113 Å². The van der Waals surface area contributed by atoms with Gasteiger partial charge in [0.15, 0.2) is 0 Å². The van der Waals surface area contributed by atoms with Gasteiger partial charge < -0.3 is 9.47 Å². The molecule has 0 atom stereocenters. The Hall–Kier alpha value is -4.40. The standard InChI is InChI=1S/C33H22BrNO5S/c34-24-15-16-28(40-32(37)27-13-5-9-21-7-1-3-11-25(21)27)23(19-24)20-30-31(36)35(33(38)41-30)17-18-39-29-14-6-10-22-8-2-4-12-26(22)29/h1-16,19-20H,17-18H2/b30-20-. The first-order chi connectivity index (χ1) is 20.0. The average molecular weight is 625 g/mol. The SMILES string of the molecule is O=C(Oc1ccc(Br)cc1/C=C1\SC(=O)N(CCOc2cccc3ccccc23)C1=O)c1cccc2ccccc12. The maximum Gasteiger partial charge on any atom is 0.344 e. The van der Waals surface area contributed by atoms with Gasteiger partial charge in [-0.05, 0) is 64.3 Å². The number of fused-ring (bicyclic) bond motifs is 2. The Balaban J connectivity index is 1.19. The summed E-state index contributed by atoms with van der Waals surface area (Å²) in [5.74, 6) is 0.0277. The van der Waals surface area contributed by atoms with Crippen molar-refractivity contribution in [1.29, 1.82) is 0 Å². The number of imide groups is 1. The van der Waals surface area contributed by atoms with Crippen molar-refractivity contribution in [2.45, 2.75) is 0 Å². The van der Waals surface area contributed by atoms with Crippen molar-refractivity contribution in [1.82, 2.24) is 4.90 Å². The number of carbonyl (C=O) groups excluding carboxylic acids is 3. The smallest absolute Gasteiger partial charge is 0.344 e. The molecule has 0 radical (unpaired) electrons. The summed E-state index contributed by atoms with van der Waals surface area (Å²) in [6.45, 7) is 0.261. The molecule has 5 aromatic carbocycles. The number of thioether (sulfide) groups is 1. The van der Waals surface area contributed by atoms with E-state index in [4.69, 9.17) is 9.47 Å². The van der Waals surface area contributed by atoms with E-state index >= 15 is 0 Å². The molecule has 0 saturated carbocycles. The van der Waals surface area contributed by atoms with Crippen LogP contribution >= 0.6 is 27.7 Å². The van der Waals surface area contributed by atoms with Crippen LogP contribution in [-0.2, 0) is 4.79 Å². The third-order valence-electron chi connectivity index (χ3n) is 6.67. The van der Waals surface area contributed by atoms with Crippen molar-refractivity contribution < 1.29 is 23.9 Å². The molecule has 0 aromatic heterocycles. The molecule has 0 aliphatic carbocycles. The molecular weight excluding hydrogens is 602 g/mol. The van der Waals surface area contributed by atoms with Crippen molar-refractivity contribution >= 4 is 72.4 Å². The number of esters is 1. The minimum Gasteiger partial charge on any atom is -0.491 e. The Morgan fingerprint density at radius 2 is 1.49 bits per heavy atom. The second-order valence-electron chi connectivity index (χ2n) is 9.26. The van der Waals surface area contributed by atoms with Gasteiger partial charge in [0.05, 0.1) is 17.0 Å². The van der Waals surface area contributed by atoms with Gasteiger partial charge in [0.2, 0.25) is 0 Å². The average Bonchev–Trinajstić information content (AvgIpc) is 3.25. The van der Waals surface area contributed by atoms with E-state index in [0.29, 0.717) is 16.9 Å². The van der Waals surface area contributed by atoms with Crippen LogP contribution in [0.5, 0.6) is 11.5 Å². The molecule has 0 spiro atoms. The summed E-state index contributed by atoms with van der Waals surface area (Å²) in [7, 11) is 0. The molecule has 5 aromatic rings. The van der Waals surface area contributed by atoms with Crippen LogP contribution in [0.4, 0.5) is 4.79 Å². The van der Waals surface area contributed by atoms with Gasteiger partial charge in [-0.1, -0.05) is 88.7 Å². The molecule has 1 saturated heterocycles. The van der Waals surface area contributed by atoms with E-state index < -0.39 is 11.9 Å². The van der Waals surface area contributed by atoms with E-state index in [1.807, 2.05) is 72.8 Å². The van der Waals surface area contributed by atoms with Crippen LogP contribution in [0.3, 0.4) is 0 Å². The van der Waals surface area contributed by atoms with Gasteiger partial charge >= 0.3 is 5.97 Å². The largest absolute Gasteiger partial charge is 0.491 e. The zero-order chi connectivity index (χ0) is 28.3. The van der Waals surface area contributed by atoms with Gasteiger partial charge in [-0.25, -0.2) is 4.79 Å². The summed E-state index contributed by atoms with van der Waals surface area (Å²) in [6, 6.07) is 31.8. The number of carbonyl (C=O) groups is 3. The molecule has 8 heteroatoms. The zero-order valence-corrected chi connectivity index (χ0v) is 24.0. The van der Waals surface area contributed by atoms with Gasteiger partial charge in [-0.2, -0.15) is 0 Å². The zero-order valence-electron chi connectivity index (χ0n) is 21.6. The number of hydrogen-bond donors (Lipinski definition) is 0. The summed E-state index contributed by atoms with van der Waals surface area (Å²) in [4.78, 5) is 40.5. The van der Waals surface area contributed by atoms with Crippen molar-refractivity contribution in [2.24, 2.45) is 0 Å². The fraction of sp³-hybridized carbons (Fsp3) is 0.0606. The molecule has 6 nitrogen and oxygen atoms in total. The fourth-order valence-electron chi connectivity index (χ4n) is 4.69. The van der Waals surface area contributed by atoms with Crippen LogP contribution in [0, 0.1) is 0 Å². The first-order valence-corrected chi connectivity index (χ1v) is 14.4. The highest BCUT2D eigenvalue weighted by atomic mass is 79.9. The number of ether oxygens (including phenoxy) is 2. The van der Waals surface area contributed by atoms with Crippen molar-refractivity contribution in [3.05, 3.63) is 124 Å². The van der Waals surface area contributed by atoms with E-state index in [2.05, 4.69) is 15.9 Å². The Kier molecular flexibility index (Phi) is 7.59. The van der Waals surface area contributed by atoms with Crippen LogP contribution in [0.2, 0.25) is 0 Å². The lowest BCUT2D eigenvalue weighted by Crippen LogP contribution is -2.32. The Labute approximate surface area is 248 Å². The Bertz CT molecular complexity index is 1860. The second kappa shape index (κ2) is 11.6. The van der Waals surface area contributed by atoms with Crippen LogP contribution in [0.1, 0.15) is 15.9 Å². The lowest BCUT2D eigenvalue weighted by molar-refractivity contribution is -0.123. The van der Waals surface area contributed by atoms with E-state index in [9.17, 15) is 14.4 Å². The Morgan fingerprint density at radius 3 is 2.29 bits per heavy atom. The second-order valence-corrected chi connectivity index (χ2v) is 11.2.